The Morgan fingerprint density at radius 3 is 2.70 bits per heavy atom. The Kier molecular flexibility index (Phi) is 5.84. The zero-order chi connectivity index (χ0) is 15.3. The maximum atomic E-state index is 12.1. The monoisotopic (exact) mass is 299 g/mol. The Labute approximate surface area is 125 Å². The summed E-state index contributed by atoms with van der Waals surface area (Å²) in [6.07, 6.45) is 0.611. The van der Waals surface area contributed by atoms with E-state index >= 15 is 0 Å². The molecule has 1 atom stereocenters. The summed E-state index contributed by atoms with van der Waals surface area (Å²) in [7, 11) is 1.49. The second-order valence-electron chi connectivity index (χ2n) is 5.62. The minimum atomic E-state index is -0.935. The van der Waals surface area contributed by atoms with Crippen molar-refractivity contribution in [3.05, 3.63) is 28.8 Å². The average Bonchev–Trinajstić information content (AvgIpc) is 2.34. The lowest BCUT2D eigenvalue weighted by molar-refractivity contribution is 0.0368. The molecule has 0 aliphatic heterocycles. The first-order chi connectivity index (χ1) is 9.25. The summed E-state index contributed by atoms with van der Waals surface area (Å²) in [5.41, 5.74) is -0.573. The van der Waals surface area contributed by atoms with Crippen molar-refractivity contribution in [1.82, 2.24) is 5.32 Å². The van der Waals surface area contributed by atoms with Gasteiger partial charge < -0.3 is 15.2 Å². The van der Waals surface area contributed by atoms with Gasteiger partial charge in [0.2, 0.25) is 0 Å². The zero-order valence-corrected chi connectivity index (χ0v) is 13.1. The molecule has 1 amide bonds. The van der Waals surface area contributed by atoms with Gasteiger partial charge in [-0.3, -0.25) is 4.79 Å². The Hall–Kier alpha value is -1.26. The normalized spacial score (nSPS) is 13.9. The van der Waals surface area contributed by atoms with Gasteiger partial charge in [-0.2, -0.15) is 0 Å². The van der Waals surface area contributed by atoms with E-state index in [0.29, 0.717) is 28.7 Å². The van der Waals surface area contributed by atoms with Gasteiger partial charge in [0.1, 0.15) is 5.75 Å². The molecule has 0 bridgehead atoms. The van der Waals surface area contributed by atoms with Crippen LogP contribution in [0.15, 0.2) is 18.2 Å². The van der Waals surface area contributed by atoms with Crippen LogP contribution < -0.4 is 10.1 Å². The third-order valence-corrected chi connectivity index (χ3v) is 3.12. The second kappa shape index (κ2) is 6.95. The average molecular weight is 300 g/mol. The van der Waals surface area contributed by atoms with E-state index in [1.165, 1.54) is 7.11 Å². The van der Waals surface area contributed by atoms with Crippen molar-refractivity contribution in [3.63, 3.8) is 0 Å². The first-order valence-electron chi connectivity index (χ1n) is 6.59. The Morgan fingerprint density at radius 2 is 2.15 bits per heavy atom. The summed E-state index contributed by atoms with van der Waals surface area (Å²) in [5.74, 6) is 0.492. The summed E-state index contributed by atoms with van der Waals surface area (Å²) in [5, 5.41) is 13.4. The van der Waals surface area contributed by atoms with E-state index in [4.69, 9.17) is 16.3 Å². The molecule has 4 nitrogen and oxygen atoms in total. The summed E-state index contributed by atoms with van der Waals surface area (Å²) < 4.78 is 5.14. The largest absolute Gasteiger partial charge is 0.496 e. The highest BCUT2D eigenvalue weighted by molar-refractivity contribution is 6.31. The Balaban J connectivity index is 2.74. The van der Waals surface area contributed by atoms with Gasteiger partial charge in [0.15, 0.2) is 0 Å². The van der Waals surface area contributed by atoms with Crippen LogP contribution in [0.5, 0.6) is 5.75 Å². The van der Waals surface area contributed by atoms with E-state index in [2.05, 4.69) is 5.32 Å². The van der Waals surface area contributed by atoms with Gasteiger partial charge in [-0.25, -0.2) is 0 Å². The fourth-order valence-corrected chi connectivity index (χ4v) is 2.35. The quantitative estimate of drug-likeness (QED) is 0.849. The molecule has 0 spiro atoms. The smallest absolute Gasteiger partial charge is 0.255 e. The lowest BCUT2D eigenvalue weighted by Crippen LogP contribution is -2.41. The van der Waals surface area contributed by atoms with Crippen molar-refractivity contribution >= 4 is 17.5 Å². The third-order valence-electron chi connectivity index (χ3n) is 2.88. The highest BCUT2D eigenvalue weighted by Gasteiger charge is 2.23. The van der Waals surface area contributed by atoms with Crippen molar-refractivity contribution in [1.29, 1.82) is 0 Å². The van der Waals surface area contributed by atoms with E-state index in [1.54, 1.807) is 25.1 Å². The fraction of sp³-hybridized carbons (Fsp3) is 0.533. The summed E-state index contributed by atoms with van der Waals surface area (Å²) in [6, 6.07) is 4.85. The van der Waals surface area contributed by atoms with Crippen LogP contribution in [0.1, 0.15) is 37.6 Å². The highest BCUT2D eigenvalue weighted by atomic mass is 35.5. The van der Waals surface area contributed by atoms with Crippen LogP contribution in [-0.2, 0) is 0 Å². The number of nitrogens with one attached hydrogen (secondary N) is 1. The molecule has 1 aromatic carbocycles. The summed E-state index contributed by atoms with van der Waals surface area (Å²) in [4.78, 5) is 12.1. The number of methoxy groups -OCH3 is 1. The van der Waals surface area contributed by atoms with E-state index in [0.717, 1.165) is 0 Å². The van der Waals surface area contributed by atoms with Crippen molar-refractivity contribution in [3.8, 4) is 5.75 Å². The van der Waals surface area contributed by atoms with Gasteiger partial charge >= 0.3 is 0 Å². The molecule has 1 rings (SSSR count). The van der Waals surface area contributed by atoms with Crippen LogP contribution in [0, 0.1) is 5.92 Å². The predicted molar refractivity (Wildman–Crippen MR) is 80.4 cm³/mol. The number of hydrogen-bond donors (Lipinski definition) is 2. The van der Waals surface area contributed by atoms with Crippen LogP contribution in [-0.4, -0.2) is 30.3 Å². The van der Waals surface area contributed by atoms with E-state index in [1.807, 2.05) is 13.8 Å². The van der Waals surface area contributed by atoms with Crippen molar-refractivity contribution in [2.45, 2.75) is 32.8 Å². The lowest BCUT2D eigenvalue weighted by atomic mass is 9.94. The van der Waals surface area contributed by atoms with Crippen LogP contribution in [0.4, 0.5) is 0 Å². The van der Waals surface area contributed by atoms with E-state index < -0.39 is 5.60 Å². The molecule has 2 N–H and O–H groups in total. The molecular weight excluding hydrogens is 278 g/mol. The molecule has 0 fully saturated rings. The second-order valence-corrected chi connectivity index (χ2v) is 6.06. The molecule has 0 heterocycles. The number of aliphatic hydroxyl groups is 1. The molecule has 1 aromatic rings. The summed E-state index contributed by atoms with van der Waals surface area (Å²) >= 11 is 5.89. The first-order valence-corrected chi connectivity index (χ1v) is 6.97. The van der Waals surface area contributed by atoms with E-state index in [9.17, 15) is 9.90 Å². The first kappa shape index (κ1) is 16.8. The van der Waals surface area contributed by atoms with Gasteiger partial charge in [0.25, 0.3) is 5.91 Å². The van der Waals surface area contributed by atoms with E-state index in [-0.39, 0.29) is 12.5 Å². The molecule has 0 saturated carbocycles. The molecule has 1 unspecified atom stereocenters. The SMILES string of the molecule is COc1ccc(Cl)cc1C(=O)NCC(C)(O)CC(C)C. The Morgan fingerprint density at radius 1 is 1.50 bits per heavy atom. The molecular formula is C15H22ClNO3. The number of amides is 1. The number of benzene rings is 1. The number of carbonyl (C=O) groups is 1. The van der Waals surface area contributed by atoms with Crippen molar-refractivity contribution < 1.29 is 14.6 Å². The van der Waals surface area contributed by atoms with Gasteiger partial charge in [0, 0.05) is 11.6 Å². The van der Waals surface area contributed by atoms with Crippen LogP contribution in [0.2, 0.25) is 5.02 Å². The molecule has 0 aromatic heterocycles. The van der Waals surface area contributed by atoms with Gasteiger partial charge in [-0.15, -0.1) is 0 Å². The molecule has 0 aliphatic rings. The highest BCUT2D eigenvalue weighted by Crippen LogP contribution is 2.23. The predicted octanol–water partition coefficient (Wildman–Crippen LogP) is 2.88. The van der Waals surface area contributed by atoms with Crippen molar-refractivity contribution in [2.24, 2.45) is 5.92 Å². The lowest BCUT2D eigenvalue weighted by Gasteiger charge is -2.25. The molecule has 0 saturated heterocycles. The van der Waals surface area contributed by atoms with Crippen molar-refractivity contribution in [2.75, 3.05) is 13.7 Å². The van der Waals surface area contributed by atoms with Gasteiger partial charge in [-0.1, -0.05) is 25.4 Å². The number of rotatable bonds is 6. The number of carbonyl (C=O) groups excluding carboxylic acids is 1. The molecule has 0 aliphatic carbocycles. The molecule has 20 heavy (non-hydrogen) atoms. The molecule has 5 heteroatoms. The van der Waals surface area contributed by atoms with Crippen LogP contribution in [0.25, 0.3) is 0 Å². The Bertz CT molecular complexity index is 472. The minimum Gasteiger partial charge on any atom is -0.496 e. The number of ether oxygens (including phenoxy) is 1. The maximum Gasteiger partial charge on any atom is 0.255 e. The van der Waals surface area contributed by atoms with Crippen LogP contribution >= 0.6 is 11.6 Å². The zero-order valence-electron chi connectivity index (χ0n) is 12.4. The van der Waals surface area contributed by atoms with Gasteiger partial charge in [-0.05, 0) is 37.5 Å². The molecule has 0 radical (unpaired) electrons. The third kappa shape index (κ3) is 5.02. The van der Waals surface area contributed by atoms with Gasteiger partial charge in [0.05, 0.1) is 18.3 Å². The fourth-order valence-electron chi connectivity index (χ4n) is 2.18. The minimum absolute atomic E-state index is 0.180. The summed E-state index contributed by atoms with van der Waals surface area (Å²) in [6.45, 7) is 5.94. The number of halogens is 1. The molecule has 112 valence electrons. The maximum absolute atomic E-state index is 12.1. The number of hydrogen-bond acceptors (Lipinski definition) is 3. The topological polar surface area (TPSA) is 58.6 Å². The van der Waals surface area contributed by atoms with Crippen LogP contribution in [0.3, 0.4) is 0 Å². The standard InChI is InChI=1S/C15H22ClNO3/c1-10(2)8-15(3,19)9-17-14(18)12-7-11(16)5-6-13(12)20-4/h5-7,10,19H,8-9H2,1-4H3,(H,17,18).